The number of hydrogen-bond donors (Lipinski definition) is 0. The zero-order chi connectivity index (χ0) is 18.1. The van der Waals surface area contributed by atoms with Crippen LogP contribution in [-0.4, -0.2) is 30.0 Å². The molecule has 1 aliphatic rings. The van der Waals surface area contributed by atoms with Crippen LogP contribution in [0, 0.1) is 5.82 Å². The summed E-state index contributed by atoms with van der Waals surface area (Å²) in [5.74, 6) is -1.24. The number of rotatable bonds is 6. The van der Waals surface area contributed by atoms with Gasteiger partial charge in [-0.15, -0.1) is 11.3 Å². The maximum absolute atomic E-state index is 13.3. The first-order valence-electron chi connectivity index (χ1n) is 7.42. The van der Waals surface area contributed by atoms with Crippen LogP contribution in [0.3, 0.4) is 0 Å². The first kappa shape index (κ1) is 18.2. The van der Waals surface area contributed by atoms with Gasteiger partial charge in [-0.05, 0) is 17.7 Å². The van der Waals surface area contributed by atoms with E-state index in [1.165, 1.54) is 6.20 Å². The molecule has 2 aromatic rings. The van der Waals surface area contributed by atoms with E-state index >= 15 is 0 Å². The van der Waals surface area contributed by atoms with Crippen molar-refractivity contribution < 1.29 is 22.7 Å². The summed E-state index contributed by atoms with van der Waals surface area (Å²) < 4.78 is 44.6. The number of Topliss-reactive ketones (excluding diaryl/α,β-unsaturated/α-hetero) is 1. The molecule has 0 radical (unpaired) electrons. The number of alkyl halides is 2. The summed E-state index contributed by atoms with van der Waals surface area (Å²) in [6, 6.07) is 2.59. The van der Waals surface area contributed by atoms with Crippen LogP contribution in [0.1, 0.15) is 26.7 Å². The highest BCUT2D eigenvalue weighted by atomic mass is 35.5. The van der Waals surface area contributed by atoms with Crippen molar-refractivity contribution in [2.45, 2.75) is 25.3 Å². The number of ketones is 1. The highest BCUT2D eigenvalue weighted by molar-refractivity contribution is 7.18. The Morgan fingerprint density at radius 3 is 2.64 bits per heavy atom. The van der Waals surface area contributed by atoms with Crippen molar-refractivity contribution in [3.63, 3.8) is 0 Å². The van der Waals surface area contributed by atoms with Gasteiger partial charge in [-0.1, -0.05) is 11.6 Å². The second-order valence-electron chi connectivity index (χ2n) is 5.72. The maximum atomic E-state index is 13.3. The van der Waals surface area contributed by atoms with Crippen molar-refractivity contribution in [3.05, 3.63) is 54.8 Å². The highest BCUT2D eigenvalue weighted by Crippen LogP contribution is 2.27. The third-order valence-corrected chi connectivity index (χ3v) is 5.22. The van der Waals surface area contributed by atoms with E-state index in [1.54, 1.807) is 6.07 Å². The largest absolute Gasteiger partial charge is 0.380 e. The van der Waals surface area contributed by atoms with E-state index in [9.17, 15) is 22.8 Å². The minimum Gasteiger partial charge on any atom is -0.380 e. The molecule has 0 aliphatic carbocycles. The number of halogens is 4. The second-order valence-corrected chi connectivity index (χ2v) is 7.37. The Balaban J connectivity index is 1.91. The number of thiophene rings is 1. The Kier molecular flexibility index (Phi) is 5.31. The molecule has 0 aromatic carbocycles. The summed E-state index contributed by atoms with van der Waals surface area (Å²) in [4.78, 5) is 24.7. The molecule has 1 fully saturated rings. The second kappa shape index (κ2) is 7.31. The van der Waals surface area contributed by atoms with Gasteiger partial charge in [-0.2, -0.15) is 0 Å². The molecule has 3 rings (SSSR count). The lowest BCUT2D eigenvalue weighted by molar-refractivity contribution is 0.00753. The Morgan fingerprint density at radius 2 is 2.12 bits per heavy atom. The summed E-state index contributed by atoms with van der Waals surface area (Å²) in [6.45, 7) is -0.0684. The van der Waals surface area contributed by atoms with Gasteiger partial charge >= 0.3 is 0 Å². The number of hydrogen-bond acceptors (Lipinski definition) is 4. The Bertz CT molecular complexity index is 841. The molecule has 0 saturated carbocycles. The average molecular weight is 392 g/mol. The number of pyridine rings is 1. The summed E-state index contributed by atoms with van der Waals surface area (Å²) in [6.07, 6.45) is -1.58. The van der Waals surface area contributed by atoms with Crippen molar-refractivity contribution in [2.24, 2.45) is 0 Å². The fourth-order valence-corrected chi connectivity index (χ4v) is 3.57. The summed E-state index contributed by atoms with van der Waals surface area (Å²) in [5.41, 5.74) is 0.264. The molecule has 0 atom stereocenters. The monoisotopic (exact) mass is 391 g/mol. The first-order valence-corrected chi connectivity index (χ1v) is 8.61. The van der Waals surface area contributed by atoms with Gasteiger partial charge in [0.05, 0.1) is 24.6 Å². The van der Waals surface area contributed by atoms with Gasteiger partial charge < -0.3 is 9.30 Å². The third-order valence-electron chi connectivity index (χ3n) is 3.87. The molecule has 134 valence electrons. The van der Waals surface area contributed by atoms with Gasteiger partial charge in [0.15, 0.2) is 11.6 Å². The Hall–Kier alpha value is -1.64. The number of aromatic nitrogens is 1. The van der Waals surface area contributed by atoms with Crippen molar-refractivity contribution in [1.29, 1.82) is 0 Å². The van der Waals surface area contributed by atoms with E-state index in [1.807, 2.05) is 0 Å². The lowest BCUT2D eigenvalue weighted by Crippen LogP contribution is -2.35. The molecule has 1 saturated heterocycles. The van der Waals surface area contributed by atoms with Gasteiger partial charge in [-0.25, -0.2) is 13.2 Å². The highest BCUT2D eigenvalue weighted by Gasteiger charge is 2.26. The molecule has 1 aliphatic heterocycles. The lowest BCUT2D eigenvalue weighted by atomic mass is 9.96. The molecule has 9 heteroatoms. The minimum absolute atomic E-state index is 0.113. The van der Waals surface area contributed by atoms with Crippen molar-refractivity contribution >= 4 is 28.7 Å². The van der Waals surface area contributed by atoms with Crippen LogP contribution in [-0.2, 0) is 17.7 Å². The summed E-state index contributed by atoms with van der Waals surface area (Å²) in [5, 5.41) is 0. The molecule has 0 unspecified atom stereocenters. The van der Waals surface area contributed by atoms with Crippen LogP contribution in [0.5, 0.6) is 0 Å². The average Bonchev–Trinajstić information content (AvgIpc) is 2.81. The maximum Gasteiger partial charge on any atom is 0.256 e. The van der Waals surface area contributed by atoms with Crippen LogP contribution < -0.4 is 5.56 Å². The van der Waals surface area contributed by atoms with Gasteiger partial charge in [0, 0.05) is 24.1 Å². The summed E-state index contributed by atoms with van der Waals surface area (Å²) in [7, 11) is 0. The van der Waals surface area contributed by atoms with E-state index in [-0.39, 0.29) is 21.6 Å². The van der Waals surface area contributed by atoms with Gasteiger partial charge in [-0.3, -0.25) is 9.59 Å². The predicted molar refractivity (Wildman–Crippen MR) is 87.6 cm³/mol. The van der Waals surface area contributed by atoms with E-state index < -0.39 is 30.1 Å². The molecule has 25 heavy (non-hydrogen) atoms. The van der Waals surface area contributed by atoms with Gasteiger partial charge in [0.2, 0.25) is 0 Å². The van der Waals surface area contributed by atoms with Crippen molar-refractivity contribution in [2.75, 3.05) is 13.2 Å². The Morgan fingerprint density at radius 1 is 1.40 bits per heavy atom. The zero-order valence-corrected chi connectivity index (χ0v) is 14.4. The molecule has 2 aromatic heterocycles. The van der Waals surface area contributed by atoms with Crippen molar-refractivity contribution in [1.82, 2.24) is 4.57 Å². The molecule has 0 spiro atoms. The van der Waals surface area contributed by atoms with E-state index in [2.05, 4.69) is 0 Å². The fraction of sp³-hybridized carbons (Fsp3) is 0.375. The predicted octanol–water partition coefficient (Wildman–Crippen LogP) is 3.51. The van der Waals surface area contributed by atoms with Crippen molar-refractivity contribution in [3.8, 4) is 0 Å². The number of nitrogens with zero attached hydrogens (tertiary/aromatic N) is 1. The van der Waals surface area contributed by atoms with Crippen LogP contribution in [0.2, 0.25) is 4.34 Å². The van der Waals surface area contributed by atoms with Crippen LogP contribution >= 0.6 is 22.9 Å². The van der Waals surface area contributed by atoms with E-state index in [0.717, 1.165) is 22.0 Å². The topological polar surface area (TPSA) is 48.3 Å². The normalized spacial score (nSPS) is 14.8. The Labute approximate surface area is 149 Å². The number of carbonyl (C=O) groups excluding carboxylic acids is 1. The van der Waals surface area contributed by atoms with Crippen LogP contribution in [0.25, 0.3) is 0 Å². The van der Waals surface area contributed by atoms with Gasteiger partial charge in [0.1, 0.15) is 4.34 Å². The number of carbonyl (C=O) groups is 1. The molecular formula is C16H13ClF3NO3S. The minimum atomic E-state index is -2.70. The molecule has 0 amide bonds. The van der Waals surface area contributed by atoms with Gasteiger partial charge in [0.25, 0.3) is 12.0 Å². The number of ether oxygens (including phenoxy) is 1. The summed E-state index contributed by atoms with van der Waals surface area (Å²) >= 11 is 6.44. The smallest absolute Gasteiger partial charge is 0.256 e. The fourth-order valence-electron chi connectivity index (χ4n) is 2.57. The SMILES string of the molecule is O=C(Cc1cc(C2COC2)c(=O)n(CC(F)F)c1)c1cc(F)c(Cl)s1. The van der Waals surface area contributed by atoms with Crippen LogP contribution in [0.15, 0.2) is 23.1 Å². The molecular weight excluding hydrogens is 379 g/mol. The standard InChI is InChI=1S/C16H13ClF3NO3S/c17-15-11(18)3-13(25-15)12(22)2-8-1-10(9-6-24-7-9)16(23)21(4-8)5-14(19)20/h1,3-4,9,14H,2,5-7H2. The lowest BCUT2D eigenvalue weighted by Gasteiger charge is -2.26. The third kappa shape index (κ3) is 3.96. The zero-order valence-electron chi connectivity index (χ0n) is 12.8. The van der Waals surface area contributed by atoms with E-state index in [0.29, 0.717) is 24.3 Å². The molecule has 0 N–H and O–H groups in total. The quantitative estimate of drug-likeness (QED) is 0.708. The first-order chi connectivity index (χ1) is 11.8. The molecule has 0 bridgehead atoms. The van der Waals surface area contributed by atoms with Crippen LogP contribution in [0.4, 0.5) is 13.2 Å². The molecule has 4 nitrogen and oxygen atoms in total. The van der Waals surface area contributed by atoms with E-state index in [4.69, 9.17) is 16.3 Å². The molecule has 3 heterocycles.